The molecule has 1 fully saturated rings. The van der Waals surface area contributed by atoms with E-state index in [1.165, 1.54) is 4.90 Å². The van der Waals surface area contributed by atoms with Gasteiger partial charge in [-0.3, -0.25) is 38.4 Å². The van der Waals surface area contributed by atoms with Crippen LogP contribution in [0.25, 0.3) is 0 Å². The van der Waals surface area contributed by atoms with Gasteiger partial charge in [-0.2, -0.15) is 0 Å². The van der Waals surface area contributed by atoms with E-state index < -0.39 is 89.6 Å². The molecule has 62 heavy (non-hydrogen) atoms. The number of Topliss-reactive ketones (excluding diaryl/α,β-unsaturated/α-hetero) is 1. The molecule has 6 N–H and O–H groups in total. The SMILES string of the molecule is CCCC(NC(=O)[C@@H]1C[C@@H](OCc2ccccc2)CN1C(=O)[C@H](CCCC(=O)OC(C)(C)C)NC(=O)Cc1ccccc1)C(=O)C(=O)NCC(=O)N[C@H](C(N)=O)c1ccccc1. The van der Waals surface area contributed by atoms with Crippen molar-refractivity contribution in [1.82, 2.24) is 26.2 Å². The predicted molar refractivity (Wildman–Crippen MR) is 228 cm³/mol. The highest BCUT2D eigenvalue weighted by Gasteiger charge is 2.43. The van der Waals surface area contributed by atoms with Crippen molar-refractivity contribution < 1.29 is 47.8 Å². The maximum atomic E-state index is 14.5. The molecular weight excluding hydrogens is 797 g/mol. The van der Waals surface area contributed by atoms with Gasteiger partial charge in [-0.05, 0) is 56.7 Å². The van der Waals surface area contributed by atoms with Crippen LogP contribution in [0.5, 0.6) is 0 Å². The van der Waals surface area contributed by atoms with Crippen LogP contribution in [-0.2, 0) is 60.9 Å². The van der Waals surface area contributed by atoms with Crippen molar-refractivity contribution in [3.8, 4) is 0 Å². The summed E-state index contributed by atoms with van der Waals surface area (Å²) in [5, 5.41) is 10.2. The number of nitrogens with one attached hydrogen (secondary N) is 4. The number of ketones is 1. The van der Waals surface area contributed by atoms with Crippen LogP contribution >= 0.6 is 0 Å². The molecule has 6 amide bonds. The van der Waals surface area contributed by atoms with Crippen molar-refractivity contribution in [2.75, 3.05) is 13.1 Å². The molecule has 1 unspecified atom stereocenters. The minimum absolute atomic E-state index is 0.0211. The Morgan fingerprint density at radius 3 is 1.98 bits per heavy atom. The molecule has 1 aliphatic heterocycles. The quantitative estimate of drug-likeness (QED) is 0.0733. The average Bonchev–Trinajstić information content (AvgIpc) is 3.68. The molecule has 332 valence electrons. The summed E-state index contributed by atoms with van der Waals surface area (Å²) in [6.45, 7) is 6.48. The Morgan fingerprint density at radius 2 is 1.39 bits per heavy atom. The zero-order valence-corrected chi connectivity index (χ0v) is 35.7. The minimum Gasteiger partial charge on any atom is -0.460 e. The topological polar surface area (TPSA) is 232 Å². The molecular formula is C46H58N6O10. The highest BCUT2D eigenvalue weighted by molar-refractivity contribution is 6.38. The molecule has 5 atom stereocenters. The molecule has 0 saturated carbocycles. The fourth-order valence-electron chi connectivity index (χ4n) is 6.93. The second-order valence-electron chi connectivity index (χ2n) is 16.1. The summed E-state index contributed by atoms with van der Waals surface area (Å²) in [5.74, 6) is -6.01. The van der Waals surface area contributed by atoms with Crippen molar-refractivity contribution in [3.05, 3.63) is 108 Å². The number of benzene rings is 3. The van der Waals surface area contributed by atoms with Crippen LogP contribution in [0.2, 0.25) is 0 Å². The molecule has 16 heteroatoms. The monoisotopic (exact) mass is 854 g/mol. The zero-order chi connectivity index (χ0) is 45.2. The van der Waals surface area contributed by atoms with Gasteiger partial charge in [0.15, 0.2) is 0 Å². The predicted octanol–water partition coefficient (Wildman–Crippen LogP) is 2.73. The Balaban J connectivity index is 1.51. The van der Waals surface area contributed by atoms with Gasteiger partial charge in [0.2, 0.25) is 35.3 Å². The minimum atomic E-state index is -1.32. The van der Waals surface area contributed by atoms with Crippen molar-refractivity contribution in [3.63, 3.8) is 0 Å². The lowest BCUT2D eigenvalue weighted by Crippen LogP contribution is -2.56. The van der Waals surface area contributed by atoms with Gasteiger partial charge in [0.05, 0.1) is 31.7 Å². The van der Waals surface area contributed by atoms with Crippen LogP contribution in [0, 0.1) is 0 Å². The third kappa shape index (κ3) is 15.6. The van der Waals surface area contributed by atoms with Gasteiger partial charge in [0.25, 0.3) is 5.91 Å². The molecule has 3 aromatic carbocycles. The van der Waals surface area contributed by atoms with Crippen LogP contribution in [0.3, 0.4) is 0 Å². The zero-order valence-electron chi connectivity index (χ0n) is 35.7. The summed E-state index contributed by atoms with van der Waals surface area (Å²) in [5.41, 5.74) is 6.78. The Morgan fingerprint density at radius 1 is 0.774 bits per heavy atom. The van der Waals surface area contributed by atoms with E-state index in [1.807, 2.05) is 36.4 Å². The summed E-state index contributed by atoms with van der Waals surface area (Å²) < 4.78 is 11.6. The number of amides is 6. The Kier molecular flexibility index (Phi) is 18.3. The number of carbonyl (C=O) groups is 8. The van der Waals surface area contributed by atoms with E-state index in [-0.39, 0.29) is 51.7 Å². The van der Waals surface area contributed by atoms with Crippen LogP contribution < -0.4 is 27.0 Å². The fraction of sp³-hybridized carbons (Fsp3) is 0.435. The molecule has 0 aromatic heterocycles. The van der Waals surface area contributed by atoms with E-state index in [4.69, 9.17) is 15.2 Å². The molecule has 0 aliphatic carbocycles. The first-order valence-electron chi connectivity index (χ1n) is 20.8. The maximum Gasteiger partial charge on any atom is 0.306 e. The van der Waals surface area contributed by atoms with Crippen LogP contribution in [0.4, 0.5) is 0 Å². The summed E-state index contributed by atoms with van der Waals surface area (Å²) in [4.78, 5) is 107. The van der Waals surface area contributed by atoms with E-state index in [0.717, 1.165) is 11.1 Å². The van der Waals surface area contributed by atoms with Crippen molar-refractivity contribution in [1.29, 1.82) is 0 Å². The lowest BCUT2D eigenvalue weighted by Gasteiger charge is -2.29. The third-order valence-corrected chi connectivity index (χ3v) is 9.88. The van der Waals surface area contributed by atoms with Crippen LogP contribution in [0.15, 0.2) is 91.0 Å². The number of hydrogen-bond acceptors (Lipinski definition) is 10. The second-order valence-corrected chi connectivity index (χ2v) is 16.1. The molecule has 1 saturated heterocycles. The van der Waals surface area contributed by atoms with E-state index in [0.29, 0.717) is 12.0 Å². The lowest BCUT2D eigenvalue weighted by atomic mass is 10.0. The highest BCUT2D eigenvalue weighted by Crippen LogP contribution is 2.25. The summed E-state index contributed by atoms with van der Waals surface area (Å²) in [6, 6.07) is 21.7. The number of nitrogens with two attached hydrogens (primary N) is 1. The number of esters is 1. The smallest absolute Gasteiger partial charge is 0.306 e. The Hall–Kier alpha value is -6.42. The highest BCUT2D eigenvalue weighted by atomic mass is 16.6. The van der Waals surface area contributed by atoms with E-state index in [2.05, 4.69) is 21.3 Å². The van der Waals surface area contributed by atoms with Gasteiger partial charge < -0.3 is 41.4 Å². The normalized spacial score (nSPS) is 16.2. The number of ether oxygens (including phenoxy) is 2. The van der Waals surface area contributed by atoms with Crippen LogP contribution in [-0.4, -0.2) is 95.0 Å². The van der Waals surface area contributed by atoms with Gasteiger partial charge in [-0.15, -0.1) is 0 Å². The second kappa shape index (κ2) is 23.5. The summed E-state index contributed by atoms with van der Waals surface area (Å²) >= 11 is 0. The molecule has 0 bridgehead atoms. The molecule has 0 radical (unpaired) electrons. The summed E-state index contributed by atoms with van der Waals surface area (Å²) in [7, 11) is 0. The number of rotatable bonds is 22. The molecule has 1 aliphatic rings. The fourth-order valence-corrected chi connectivity index (χ4v) is 6.93. The van der Waals surface area contributed by atoms with Gasteiger partial charge in [0, 0.05) is 19.4 Å². The first kappa shape index (κ1) is 48.2. The van der Waals surface area contributed by atoms with E-state index in [9.17, 15) is 38.4 Å². The average molecular weight is 855 g/mol. The number of carbonyl (C=O) groups excluding carboxylic acids is 8. The van der Waals surface area contributed by atoms with Gasteiger partial charge >= 0.3 is 5.97 Å². The first-order chi connectivity index (χ1) is 29.5. The number of likely N-dealkylation sites (tertiary alicyclic amines) is 1. The maximum absolute atomic E-state index is 14.5. The number of hydrogen-bond donors (Lipinski definition) is 5. The van der Waals surface area contributed by atoms with Gasteiger partial charge in [-0.1, -0.05) is 104 Å². The van der Waals surface area contributed by atoms with Crippen LogP contribution in [0.1, 0.15) is 89.0 Å². The van der Waals surface area contributed by atoms with Crippen molar-refractivity contribution >= 4 is 47.2 Å². The first-order valence-corrected chi connectivity index (χ1v) is 20.8. The lowest BCUT2D eigenvalue weighted by molar-refractivity contribution is -0.155. The number of primary amides is 1. The number of nitrogens with zero attached hydrogens (tertiary/aromatic N) is 1. The third-order valence-electron chi connectivity index (χ3n) is 9.88. The molecule has 4 rings (SSSR count). The molecule has 3 aromatic rings. The molecule has 0 spiro atoms. The van der Waals surface area contributed by atoms with E-state index >= 15 is 0 Å². The van der Waals surface area contributed by atoms with E-state index in [1.54, 1.807) is 82.3 Å². The standard InChI is InChI=1S/C46H58N6O10/c1-5-16-34(41(56)44(59)48-27-38(54)51-40(42(47)57)32-21-13-8-14-22-32)50-43(58)36-26-33(61-29-31-19-11-7-12-20-31)28-52(36)45(60)35(23-15-24-39(55)62-46(2,3)4)49-37(53)25-30-17-9-6-10-18-30/h6-14,17-22,33-36,40H,5,15-16,23-29H2,1-4H3,(H2,47,57)(H,48,59)(H,49,53)(H,50,58)(H,51,54)/t33-,34?,35+,36+,40+/m1/s1. The van der Waals surface area contributed by atoms with Gasteiger partial charge in [-0.25, -0.2) is 0 Å². The molecule has 16 nitrogen and oxygen atoms in total. The Bertz CT molecular complexity index is 2010. The summed E-state index contributed by atoms with van der Waals surface area (Å²) in [6.07, 6.45) is 0.0394. The van der Waals surface area contributed by atoms with Crippen molar-refractivity contribution in [2.45, 2.75) is 115 Å². The molecule has 1 heterocycles. The van der Waals surface area contributed by atoms with Crippen molar-refractivity contribution in [2.24, 2.45) is 5.73 Å². The van der Waals surface area contributed by atoms with Gasteiger partial charge in [0.1, 0.15) is 23.7 Å². The largest absolute Gasteiger partial charge is 0.460 e. The Labute approximate surface area is 362 Å².